The van der Waals surface area contributed by atoms with Crippen molar-refractivity contribution in [3.8, 4) is 0 Å². The minimum absolute atomic E-state index is 0.429. The van der Waals surface area contributed by atoms with E-state index in [-0.39, 0.29) is 0 Å². The van der Waals surface area contributed by atoms with Crippen LogP contribution in [-0.4, -0.2) is 24.6 Å². The average molecular weight is 239 g/mol. The summed E-state index contributed by atoms with van der Waals surface area (Å²) < 4.78 is 0. The van der Waals surface area contributed by atoms with Gasteiger partial charge in [0.25, 0.3) is 0 Å². The first-order valence-electron chi connectivity index (χ1n) is 6.14. The van der Waals surface area contributed by atoms with Gasteiger partial charge in [0, 0.05) is 30.2 Å². The molecule has 1 atom stereocenters. The Labute approximate surface area is 102 Å². The van der Waals surface area contributed by atoms with E-state index >= 15 is 0 Å². The van der Waals surface area contributed by atoms with Gasteiger partial charge in [0.05, 0.1) is 0 Å². The molecule has 3 nitrogen and oxygen atoms in total. The van der Waals surface area contributed by atoms with Crippen molar-refractivity contribution in [1.29, 1.82) is 0 Å². The third kappa shape index (κ3) is 2.74. The molecule has 2 rings (SSSR count). The molecule has 0 saturated heterocycles. The predicted molar refractivity (Wildman–Crippen MR) is 70.2 cm³/mol. The van der Waals surface area contributed by atoms with Crippen molar-refractivity contribution in [2.24, 2.45) is 0 Å². The maximum atomic E-state index is 4.51. The van der Waals surface area contributed by atoms with Crippen molar-refractivity contribution in [2.45, 2.75) is 45.2 Å². The van der Waals surface area contributed by atoms with Crippen molar-refractivity contribution in [3.63, 3.8) is 0 Å². The molecule has 1 heterocycles. The van der Waals surface area contributed by atoms with Crippen molar-refractivity contribution in [3.05, 3.63) is 11.1 Å². The minimum Gasteiger partial charge on any atom is -0.348 e. The average Bonchev–Trinajstić information content (AvgIpc) is 3.02. The van der Waals surface area contributed by atoms with Crippen molar-refractivity contribution in [1.82, 2.24) is 10.3 Å². The molecular formula is C12H21N3S. The van der Waals surface area contributed by atoms with E-state index in [2.05, 4.69) is 36.1 Å². The number of hydrogen-bond acceptors (Lipinski definition) is 4. The van der Waals surface area contributed by atoms with Gasteiger partial charge in [-0.1, -0.05) is 6.92 Å². The Hall–Kier alpha value is -0.610. The number of thiazole rings is 1. The molecule has 0 radical (unpaired) electrons. The second kappa shape index (κ2) is 5.15. The molecular weight excluding hydrogens is 218 g/mol. The van der Waals surface area contributed by atoms with Gasteiger partial charge in [0.2, 0.25) is 0 Å². The first-order valence-corrected chi connectivity index (χ1v) is 6.96. The van der Waals surface area contributed by atoms with E-state index in [0.29, 0.717) is 6.04 Å². The Bertz CT molecular complexity index is 333. The van der Waals surface area contributed by atoms with Gasteiger partial charge >= 0.3 is 0 Å². The summed E-state index contributed by atoms with van der Waals surface area (Å²) >= 11 is 1.82. The van der Waals surface area contributed by atoms with Crippen LogP contribution < -0.4 is 10.2 Å². The van der Waals surface area contributed by atoms with Crippen molar-refractivity contribution < 1.29 is 0 Å². The zero-order chi connectivity index (χ0) is 11.5. The number of nitrogens with one attached hydrogen (secondary N) is 1. The zero-order valence-electron chi connectivity index (χ0n) is 10.4. The second-order valence-corrected chi connectivity index (χ2v) is 5.60. The fourth-order valence-corrected chi connectivity index (χ4v) is 2.69. The van der Waals surface area contributed by atoms with Crippen LogP contribution >= 0.6 is 11.3 Å². The summed E-state index contributed by atoms with van der Waals surface area (Å²) in [6.45, 7) is 5.48. The standard InChI is InChI=1S/C12H21N3S/c1-4-7-13-9(2)11-8-14-12(16-11)15(3)10-5-6-10/h8-10,13H,4-7H2,1-3H3. The minimum atomic E-state index is 0.429. The lowest BCUT2D eigenvalue weighted by molar-refractivity contribution is 0.577. The fraction of sp³-hybridized carbons (Fsp3) is 0.750. The number of aromatic nitrogens is 1. The van der Waals surface area contributed by atoms with Gasteiger partial charge in [-0.3, -0.25) is 0 Å². The molecule has 0 amide bonds. The Morgan fingerprint density at radius 3 is 3.00 bits per heavy atom. The summed E-state index contributed by atoms with van der Waals surface area (Å²) in [4.78, 5) is 8.17. The summed E-state index contributed by atoms with van der Waals surface area (Å²) in [7, 11) is 2.16. The Balaban J connectivity index is 1.95. The van der Waals surface area contributed by atoms with E-state index < -0.39 is 0 Å². The zero-order valence-corrected chi connectivity index (χ0v) is 11.2. The third-order valence-electron chi connectivity index (χ3n) is 3.03. The largest absolute Gasteiger partial charge is 0.348 e. The normalized spacial score (nSPS) is 17.4. The molecule has 1 N–H and O–H groups in total. The summed E-state index contributed by atoms with van der Waals surface area (Å²) in [6, 6.07) is 1.18. The van der Waals surface area contributed by atoms with Crippen LogP contribution in [0.15, 0.2) is 6.20 Å². The van der Waals surface area contributed by atoms with Gasteiger partial charge in [-0.15, -0.1) is 11.3 Å². The van der Waals surface area contributed by atoms with Crippen molar-refractivity contribution >= 4 is 16.5 Å². The van der Waals surface area contributed by atoms with Gasteiger partial charge in [-0.2, -0.15) is 0 Å². The smallest absolute Gasteiger partial charge is 0.185 e. The molecule has 0 spiro atoms. The van der Waals surface area contributed by atoms with Gasteiger partial charge in [0.1, 0.15) is 0 Å². The molecule has 1 aliphatic carbocycles. The van der Waals surface area contributed by atoms with Crippen LogP contribution in [0.25, 0.3) is 0 Å². The highest BCUT2D eigenvalue weighted by atomic mass is 32.1. The van der Waals surface area contributed by atoms with Crippen LogP contribution in [0.5, 0.6) is 0 Å². The summed E-state index contributed by atoms with van der Waals surface area (Å²) in [5, 5.41) is 4.67. The Morgan fingerprint density at radius 1 is 1.62 bits per heavy atom. The van der Waals surface area contributed by atoms with Crippen LogP contribution in [0.1, 0.15) is 44.0 Å². The Kier molecular flexibility index (Phi) is 3.82. The molecule has 4 heteroatoms. The highest BCUT2D eigenvalue weighted by Gasteiger charge is 2.28. The highest BCUT2D eigenvalue weighted by molar-refractivity contribution is 7.15. The molecule has 1 aromatic rings. The molecule has 0 aliphatic heterocycles. The SMILES string of the molecule is CCCNC(C)c1cnc(N(C)C2CC2)s1. The molecule has 16 heavy (non-hydrogen) atoms. The first-order chi connectivity index (χ1) is 7.72. The van der Waals surface area contributed by atoms with Crippen LogP contribution in [0.2, 0.25) is 0 Å². The van der Waals surface area contributed by atoms with E-state index in [0.717, 1.165) is 12.6 Å². The van der Waals surface area contributed by atoms with Crippen LogP contribution in [0, 0.1) is 0 Å². The van der Waals surface area contributed by atoms with Gasteiger partial charge < -0.3 is 10.2 Å². The summed E-state index contributed by atoms with van der Waals surface area (Å²) in [5.41, 5.74) is 0. The molecule has 0 bridgehead atoms. The van der Waals surface area contributed by atoms with Crippen LogP contribution in [0.4, 0.5) is 5.13 Å². The molecule has 90 valence electrons. The summed E-state index contributed by atoms with van der Waals surface area (Å²) in [5.74, 6) is 0. The lowest BCUT2D eigenvalue weighted by atomic mass is 10.3. The van der Waals surface area contributed by atoms with Crippen LogP contribution in [-0.2, 0) is 0 Å². The number of nitrogens with zero attached hydrogens (tertiary/aromatic N) is 2. The molecule has 0 aromatic carbocycles. The fourth-order valence-electron chi connectivity index (χ4n) is 1.72. The molecule has 1 aliphatic rings. The maximum Gasteiger partial charge on any atom is 0.185 e. The lowest BCUT2D eigenvalue weighted by Crippen LogP contribution is -2.19. The molecule has 1 unspecified atom stereocenters. The summed E-state index contributed by atoms with van der Waals surface area (Å²) in [6.07, 6.45) is 5.86. The number of anilines is 1. The van der Waals surface area contributed by atoms with E-state index in [1.165, 1.54) is 29.3 Å². The molecule has 1 aromatic heterocycles. The predicted octanol–water partition coefficient (Wildman–Crippen LogP) is 2.80. The van der Waals surface area contributed by atoms with E-state index in [9.17, 15) is 0 Å². The Morgan fingerprint density at radius 2 is 2.38 bits per heavy atom. The van der Waals surface area contributed by atoms with Gasteiger partial charge in [-0.25, -0.2) is 4.98 Å². The van der Waals surface area contributed by atoms with Crippen LogP contribution in [0.3, 0.4) is 0 Å². The highest BCUT2D eigenvalue weighted by Crippen LogP contribution is 2.34. The quantitative estimate of drug-likeness (QED) is 0.827. The number of rotatable bonds is 6. The first kappa shape index (κ1) is 11.9. The van der Waals surface area contributed by atoms with Gasteiger partial charge in [-0.05, 0) is 32.7 Å². The third-order valence-corrected chi connectivity index (χ3v) is 4.31. The second-order valence-electron chi connectivity index (χ2n) is 4.56. The molecule has 1 fully saturated rings. The maximum absolute atomic E-state index is 4.51. The van der Waals surface area contributed by atoms with Gasteiger partial charge in [0.15, 0.2) is 5.13 Å². The lowest BCUT2D eigenvalue weighted by Gasteiger charge is -2.14. The van der Waals surface area contributed by atoms with E-state index in [1.807, 2.05) is 17.5 Å². The topological polar surface area (TPSA) is 28.2 Å². The monoisotopic (exact) mass is 239 g/mol. The molecule has 1 saturated carbocycles. The van der Waals surface area contributed by atoms with Crippen molar-refractivity contribution in [2.75, 3.05) is 18.5 Å². The van der Waals surface area contributed by atoms with E-state index in [4.69, 9.17) is 0 Å². The number of hydrogen-bond donors (Lipinski definition) is 1. The van der Waals surface area contributed by atoms with E-state index in [1.54, 1.807) is 0 Å².